The molecule has 0 saturated heterocycles. The van der Waals surface area contributed by atoms with Crippen molar-refractivity contribution in [2.75, 3.05) is 0 Å². The van der Waals surface area contributed by atoms with Crippen LogP contribution in [-0.2, 0) is 0 Å². The lowest BCUT2D eigenvalue weighted by molar-refractivity contribution is 0.0955. The zero-order chi connectivity index (χ0) is 17.3. The van der Waals surface area contributed by atoms with E-state index in [1.807, 2.05) is 37.3 Å². The Bertz CT molecular complexity index is 899. The summed E-state index contributed by atoms with van der Waals surface area (Å²) in [6.07, 6.45) is 0. The number of hydrogen-bond acceptors (Lipinski definition) is 3. The number of hydrazine groups is 1. The first kappa shape index (κ1) is 16.1. The van der Waals surface area contributed by atoms with E-state index < -0.39 is 0 Å². The summed E-state index contributed by atoms with van der Waals surface area (Å²) < 4.78 is 0. The molecule has 1 amide bonds. The second kappa shape index (κ2) is 6.42. The molecular formula is C20H21N3O. The average molecular weight is 319 g/mol. The molecule has 0 radical (unpaired) electrons. The van der Waals surface area contributed by atoms with Crippen LogP contribution in [0.5, 0.6) is 0 Å². The maximum atomic E-state index is 12.2. The van der Waals surface area contributed by atoms with Gasteiger partial charge < -0.3 is 0 Å². The van der Waals surface area contributed by atoms with E-state index in [1.54, 1.807) is 6.07 Å². The minimum Gasteiger partial charge on any atom is -0.290 e. The Morgan fingerprint density at radius 1 is 1.08 bits per heavy atom. The van der Waals surface area contributed by atoms with Gasteiger partial charge in [-0.2, -0.15) is 0 Å². The molecule has 4 heteroatoms. The van der Waals surface area contributed by atoms with Crippen LogP contribution in [0.15, 0.2) is 48.5 Å². The Kier molecular flexibility index (Phi) is 4.32. The smallest absolute Gasteiger partial charge is 0.265 e. The van der Waals surface area contributed by atoms with E-state index in [9.17, 15) is 4.79 Å². The number of nitrogens with one attached hydrogen (secondary N) is 1. The molecule has 0 fully saturated rings. The summed E-state index contributed by atoms with van der Waals surface area (Å²) in [4.78, 5) is 16.9. The first-order chi connectivity index (χ1) is 11.5. The van der Waals surface area contributed by atoms with Crippen molar-refractivity contribution in [3.63, 3.8) is 0 Å². The lowest BCUT2D eigenvalue weighted by Gasteiger charge is -2.11. The van der Waals surface area contributed by atoms with Crippen LogP contribution in [0.4, 0.5) is 0 Å². The maximum Gasteiger partial charge on any atom is 0.265 e. The molecule has 1 heterocycles. The number of aromatic nitrogens is 1. The van der Waals surface area contributed by atoms with Crippen molar-refractivity contribution < 1.29 is 4.79 Å². The topological polar surface area (TPSA) is 68.0 Å². The van der Waals surface area contributed by atoms with Gasteiger partial charge in [0.15, 0.2) is 0 Å². The van der Waals surface area contributed by atoms with E-state index in [0.29, 0.717) is 11.5 Å². The molecule has 24 heavy (non-hydrogen) atoms. The Morgan fingerprint density at radius 2 is 1.79 bits per heavy atom. The van der Waals surface area contributed by atoms with E-state index in [1.165, 1.54) is 5.56 Å². The predicted octanol–water partition coefficient (Wildman–Crippen LogP) is 3.94. The molecular weight excluding hydrogens is 298 g/mol. The maximum absolute atomic E-state index is 12.2. The SMILES string of the molecule is Cc1ccc2nc(-c3ccc(C(C)C)cc3)cc(C(=O)NN)c2c1. The fraction of sp³-hybridized carbons (Fsp3) is 0.200. The van der Waals surface area contributed by atoms with Gasteiger partial charge in [-0.25, -0.2) is 10.8 Å². The Balaban J connectivity index is 2.18. The number of benzene rings is 2. The highest BCUT2D eigenvalue weighted by atomic mass is 16.2. The molecule has 3 N–H and O–H groups in total. The van der Waals surface area contributed by atoms with Gasteiger partial charge in [-0.15, -0.1) is 0 Å². The Labute approximate surface area is 141 Å². The Hall–Kier alpha value is -2.72. The van der Waals surface area contributed by atoms with Crippen molar-refractivity contribution in [3.05, 3.63) is 65.2 Å². The number of pyridine rings is 1. The minimum absolute atomic E-state index is 0.312. The largest absolute Gasteiger partial charge is 0.290 e. The molecule has 0 spiro atoms. The van der Waals surface area contributed by atoms with Gasteiger partial charge in [-0.1, -0.05) is 49.7 Å². The summed E-state index contributed by atoms with van der Waals surface area (Å²) in [5.41, 5.74) is 7.64. The van der Waals surface area contributed by atoms with Crippen molar-refractivity contribution in [2.24, 2.45) is 5.84 Å². The van der Waals surface area contributed by atoms with Gasteiger partial charge in [-0.05, 0) is 36.6 Å². The monoisotopic (exact) mass is 319 g/mol. The molecule has 0 bridgehead atoms. The number of fused-ring (bicyclic) bond motifs is 1. The number of carbonyl (C=O) groups excluding carboxylic acids is 1. The molecule has 3 rings (SSSR count). The van der Waals surface area contributed by atoms with Gasteiger partial charge >= 0.3 is 0 Å². The fourth-order valence-electron chi connectivity index (χ4n) is 2.79. The van der Waals surface area contributed by atoms with E-state index in [4.69, 9.17) is 10.8 Å². The van der Waals surface area contributed by atoms with E-state index >= 15 is 0 Å². The number of nitrogens with zero attached hydrogens (tertiary/aromatic N) is 1. The predicted molar refractivity (Wildman–Crippen MR) is 97.7 cm³/mol. The highest BCUT2D eigenvalue weighted by molar-refractivity contribution is 6.07. The second-order valence-electron chi connectivity index (χ2n) is 6.33. The highest BCUT2D eigenvalue weighted by Gasteiger charge is 2.13. The van der Waals surface area contributed by atoms with Crippen molar-refractivity contribution >= 4 is 16.8 Å². The molecule has 1 aromatic heterocycles. The number of rotatable bonds is 3. The molecule has 0 unspecified atom stereocenters. The van der Waals surface area contributed by atoms with Gasteiger partial charge in [0.1, 0.15) is 0 Å². The third-order valence-electron chi connectivity index (χ3n) is 4.21. The van der Waals surface area contributed by atoms with Crippen molar-refractivity contribution in [1.82, 2.24) is 10.4 Å². The van der Waals surface area contributed by atoms with Crippen LogP contribution in [0.3, 0.4) is 0 Å². The van der Waals surface area contributed by atoms with Gasteiger partial charge in [0.25, 0.3) is 5.91 Å². The lowest BCUT2D eigenvalue weighted by atomic mass is 9.99. The molecule has 3 aromatic rings. The number of carbonyl (C=O) groups is 1. The molecule has 2 aromatic carbocycles. The number of nitrogen functional groups attached to an aromatic ring is 1. The fourth-order valence-corrected chi connectivity index (χ4v) is 2.79. The van der Waals surface area contributed by atoms with Gasteiger partial charge in [0.05, 0.1) is 16.8 Å². The average Bonchev–Trinajstić information content (AvgIpc) is 2.60. The molecule has 0 atom stereocenters. The van der Waals surface area contributed by atoms with Crippen molar-refractivity contribution in [3.8, 4) is 11.3 Å². The van der Waals surface area contributed by atoms with Crippen LogP contribution in [0, 0.1) is 6.92 Å². The van der Waals surface area contributed by atoms with Crippen LogP contribution in [0.25, 0.3) is 22.2 Å². The quantitative estimate of drug-likeness (QED) is 0.436. The zero-order valence-corrected chi connectivity index (χ0v) is 14.1. The van der Waals surface area contributed by atoms with E-state index in [0.717, 1.165) is 27.7 Å². The van der Waals surface area contributed by atoms with Gasteiger partial charge in [0, 0.05) is 10.9 Å². The van der Waals surface area contributed by atoms with Crippen molar-refractivity contribution in [2.45, 2.75) is 26.7 Å². The summed E-state index contributed by atoms with van der Waals surface area (Å²) in [7, 11) is 0. The number of amides is 1. The van der Waals surface area contributed by atoms with Gasteiger partial charge in [-0.3, -0.25) is 10.2 Å². The third kappa shape index (κ3) is 3.01. The lowest BCUT2D eigenvalue weighted by Crippen LogP contribution is -2.30. The van der Waals surface area contributed by atoms with E-state index in [2.05, 4.69) is 31.4 Å². The van der Waals surface area contributed by atoms with E-state index in [-0.39, 0.29) is 5.91 Å². The van der Waals surface area contributed by atoms with Crippen LogP contribution >= 0.6 is 0 Å². The number of nitrogens with two attached hydrogens (primary N) is 1. The first-order valence-corrected chi connectivity index (χ1v) is 8.02. The summed E-state index contributed by atoms with van der Waals surface area (Å²) in [6, 6.07) is 16.0. The normalized spacial score (nSPS) is 11.0. The van der Waals surface area contributed by atoms with Crippen LogP contribution in [0.2, 0.25) is 0 Å². The molecule has 0 aliphatic heterocycles. The molecule has 0 aliphatic rings. The third-order valence-corrected chi connectivity index (χ3v) is 4.21. The summed E-state index contributed by atoms with van der Waals surface area (Å²) >= 11 is 0. The van der Waals surface area contributed by atoms with Crippen molar-refractivity contribution in [1.29, 1.82) is 0 Å². The number of aryl methyl sites for hydroxylation is 1. The van der Waals surface area contributed by atoms with Crippen LogP contribution in [-0.4, -0.2) is 10.9 Å². The summed E-state index contributed by atoms with van der Waals surface area (Å²) in [6.45, 7) is 6.31. The van der Waals surface area contributed by atoms with Crippen LogP contribution in [0.1, 0.15) is 41.3 Å². The second-order valence-corrected chi connectivity index (χ2v) is 6.33. The molecule has 0 aliphatic carbocycles. The minimum atomic E-state index is -0.312. The summed E-state index contributed by atoms with van der Waals surface area (Å²) in [5.74, 6) is 5.52. The summed E-state index contributed by atoms with van der Waals surface area (Å²) in [5, 5.41) is 0.806. The molecule has 4 nitrogen and oxygen atoms in total. The Morgan fingerprint density at radius 3 is 2.42 bits per heavy atom. The van der Waals surface area contributed by atoms with Crippen LogP contribution < -0.4 is 11.3 Å². The molecule has 122 valence electrons. The van der Waals surface area contributed by atoms with Gasteiger partial charge in [0.2, 0.25) is 0 Å². The highest BCUT2D eigenvalue weighted by Crippen LogP contribution is 2.27. The first-order valence-electron chi connectivity index (χ1n) is 8.02. The number of hydrogen-bond donors (Lipinski definition) is 2. The zero-order valence-electron chi connectivity index (χ0n) is 14.1. The standard InChI is InChI=1S/C20H21N3O/c1-12(2)14-5-7-15(8-6-14)19-11-17(20(24)23-21)16-10-13(3)4-9-18(16)22-19/h4-12H,21H2,1-3H3,(H,23,24). The molecule has 0 saturated carbocycles.